The third-order valence-electron chi connectivity index (χ3n) is 4.24. The van der Waals surface area contributed by atoms with Gasteiger partial charge in [-0.1, -0.05) is 12.1 Å². The smallest absolute Gasteiger partial charge is 0.159 e. The van der Waals surface area contributed by atoms with Crippen molar-refractivity contribution >= 4 is 5.78 Å². The van der Waals surface area contributed by atoms with Crippen LogP contribution in [0.3, 0.4) is 0 Å². The summed E-state index contributed by atoms with van der Waals surface area (Å²) in [5.74, 6) is 3.02. The molecule has 0 N–H and O–H groups in total. The predicted octanol–water partition coefficient (Wildman–Crippen LogP) is 4.47. The number of benzene rings is 2. The van der Waals surface area contributed by atoms with Crippen molar-refractivity contribution in [3.05, 3.63) is 65.4 Å². The first-order chi connectivity index (χ1) is 12.2. The van der Waals surface area contributed by atoms with Crippen LogP contribution in [0.5, 0.6) is 17.2 Å². The molecule has 2 aromatic carbocycles. The molecule has 0 saturated heterocycles. The van der Waals surface area contributed by atoms with Gasteiger partial charge in [0.15, 0.2) is 5.78 Å². The zero-order valence-electron chi connectivity index (χ0n) is 14.6. The second kappa shape index (κ2) is 7.88. The molecule has 0 saturated carbocycles. The van der Waals surface area contributed by atoms with Gasteiger partial charge in [-0.05, 0) is 48.2 Å². The van der Waals surface area contributed by atoms with Gasteiger partial charge in [-0.15, -0.1) is 0 Å². The van der Waals surface area contributed by atoms with E-state index in [1.165, 1.54) is 0 Å². The summed E-state index contributed by atoms with van der Waals surface area (Å²) in [4.78, 5) is 12.2. The number of carbonyl (C=O) groups is 1. The van der Waals surface area contributed by atoms with Gasteiger partial charge in [0.05, 0.1) is 20.0 Å². The van der Waals surface area contributed by atoms with Crippen LogP contribution in [-0.4, -0.2) is 20.0 Å². The molecule has 130 valence electrons. The van der Waals surface area contributed by atoms with Crippen molar-refractivity contribution in [2.75, 3.05) is 14.2 Å². The number of ether oxygens (including phenoxy) is 3. The highest BCUT2D eigenvalue weighted by atomic mass is 16.5. The summed E-state index contributed by atoms with van der Waals surface area (Å²) in [6.45, 7) is 0. The maximum Gasteiger partial charge on any atom is 0.159 e. The predicted molar refractivity (Wildman–Crippen MR) is 96.3 cm³/mol. The number of hydrogen-bond donors (Lipinski definition) is 0. The maximum absolute atomic E-state index is 12.2. The zero-order chi connectivity index (χ0) is 17.6. The third-order valence-corrected chi connectivity index (χ3v) is 4.24. The lowest BCUT2D eigenvalue weighted by Crippen LogP contribution is -2.00. The molecule has 25 heavy (non-hydrogen) atoms. The van der Waals surface area contributed by atoms with Gasteiger partial charge in [0, 0.05) is 25.0 Å². The second-order valence-electron chi connectivity index (χ2n) is 6.04. The van der Waals surface area contributed by atoms with E-state index in [0.717, 1.165) is 34.8 Å². The summed E-state index contributed by atoms with van der Waals surface area (Å²) in [6.07, 6.45) is 4.17. The first kappa shape index (κ1) is 17.1. The van der Waals surface area contributed by atoms with Gasteiger partial charge in [-0.3, -0.25) is 4.79 Å². The minimum atomic E-state index is 0.0818. The first-order valence-electron chi connectivity index (χ1n) is 8.38. The Balaban J connectivity index is 1.97. The van der Waals surface area contributed by atoms with Gasteiger partial charge in [0.25, 0.3) is 0 Å². The average molecular weight is 338 g/mol. The van der Waals surface area contributed by atoms with Crippen LogP contribution in [0.4, 0.5) is 0 Å². The lowest BCUT2D eigenvalue weighted by atomic mass is 10.1. The lowest BCUT2D eigenvalue weighted by Gasteiger charge is -2.11. The number of fused-ring (bicyclic) bond motifs is 7. The Bertz CT molecular complexity index is 775. The Morgan fingerprint density at radius 3 is 2.28 bits per heavy atom. The molecule has 0 unspecified atom stereocenters. The molecule has 2 aromatic rings. The van der Waals surface area contributed by atoms with E-state index in [0.29, 0.717) is 25.0 Å². The maximum atomic E-state index is 12.2. The number of carbonyl (C=O) groups excluding carboxylic acids is 1. The van der Waals surface area contributed by atoms with Gasteiger partial charge in [-0.2, -0.15) is 0 Å². The number of ketones is 1. The largest absolute Gasteiger partial charge is 0.501 e. The Labute approximate surface area is 148 Å². The second-order valence-corrected chi connectivity index (χ2v) is 6.04. The molecule has 0 fully saturated rings. The Hall–Kier alpha value is -2.75. The molecule has 0 aliphatic carbocycles. The van der Waals surface area contributed by atoms with E-state index in [4.69, 9.17) is 14.2 Å². The SMILES string of the molecule is CO/C1=C/C(=O)CCc2ccc(cc2)Oc2cc(cc(OC)c2)CC1. The Morgan fingerprint density at radius 1 is 0.800 bits per heavy atom. The van der Waals surface area contributed by atoms with E-state index < -0.39 is 0 Å². The number of rotatable bonds is 2. The fourth-order valence-corrected chi connectivity index (χ4v) is 2.83. The number of hydrogen-bond acceptors (Lipinski definition) is 4. The molecule has 4 bridgehead atoms. The van der Waals surface area contributed by atoms with E-state index in [-0.39, 0.29) is 5.78 Å². The van der Waals surface area contributed by atoms with Gasteiger partial charge >= 0.3 is 0 Å². The van der Waals surface area contributed by atoms with Gasteiger partial charge in [0.2, 0.25) is 0 Å². The quantitative estimate of drug-likeness (QED) is 0.811. The van der Waals surface area contributed by atoms with Crippen LogP contribution in [0.15, 0.2) is 54.3 Å². The number of methoxy groups -OCH3 is 2. The van der Waals surface area contributed by atoms with Crippen molar-refractivity contribution in [1.82, 2.24) is 0 Å². The van der Waals surface area contributed by atoms with Crippen LogP contribution < -0.4 is 9.47 Å². The van der Waals surface area contributed by atoms with Crippen molar-refractivity contribution in [3.8, 4) is 17.2 Å². The minimum Gasteiger partial charge on any atom is -0.501 e. The van der Waals surface area contributed by atoms with Crippen molar-refractivity contribution in [2.24, 2.45) is 0 Å². The van der Waals surface area contributed by atoms with Crippen molar-refractivity contribution < 1.29 is 19.0 Å². The summed E-state index contributed by atoms with van der Waals surface area (Å²) >= 11 is 0. The van der Waals surface area contributed by atoms with Crippen LogP contribution in [0.25, 0.3) is 0 Å². The normalized spacial score (nSPS) is 16.9. The lowest BCUT2D eigenvalue weighted by molar-refractivity contribution is -0.114. The highest BCUT2D eigenvalue weighted by Crippen LogP contribution is 2.29. The summed E-state index contributed by atoms with van der Waals surface area (Å²) in [7, 11) is 3.24. The molecule has 2 heterocycles. The number of aryl methyl sites for hydroxylation is 2. The molecule has 0 amide bonds. The molecule has 0 radical (unpaired) electrons. The Morgan fingerprint density at radius 2 is 1.56 bits per heavy atom. The van der Waals surface area contributed by atoms with Gasteiger partial charge in [-0.25, -0.2) is 0 Å². The zero-order valence-corrected chi connectivity index (χ0v) is 14.6. The molecule has 0 spiro atoms. The minimum absolute atomic E-state index is 0.0818. The fourth-order valence-electron chi connectivity index (χ4n) is 2.83. The van der Waals surface area contributed by atoms with Crippen LogP contribution >= 0.6 is 0 Å². The van der Waals surface area contributed by atoms with Crippen LogP contribution in [0, 0.1) is 0 Å². The van der Waals surface area contributed by atoms with E-state index in [1.807, 2.05) is 42.5 Å². The standard InChI is InChI=1S/C21H22O4/c1-23-19-10-6-16-11-20(24-2)14-21(12-16)25-18-8-4-15(5-9-18)3-7-17(22)13-19/h4-5,8-9,11-14H,3,6-7,10H2,1-2H3/b19-13+. The van der Waals surface area contributed by atoms with Crippen LogP contribution in [0.1, 0.15) is 24.0 Å². The van der Waals surface area contributed by atoms with Crippen molar-refractivity contribution in [3.63, 3.8) is 0 Å². The van der Waals surface area contributed by atoms with Crippen molar-refractivity contribution in [1.29, 1.82) is 0 Å². The molecular formula is C21H22O4. The molecule has 2 aliphatic heterocycles. The summed E-state index contributed by atoms with van der Waals surface area (Å²) < 4.78 is 16.7. The van der Waals surface area contributed by atoms with Gasteiger partial charge in [0.1, 0.15) is 17.2 Å². The van der Waals surface area contributed by atoms with E-state index >= 15 is 0 Å². The fraction of sp³-hybridized carbons (Fsp3) is 0.286. The van der Waals surface area contributed by atoms with E-state index in [1.54, 1.807) is 20.3 Å². The summed E-state index contributed by atoms with van der Waals surface area (Å²) in [5, 5.41) is 0. The van der Waals surface area contributed by atoms with Gasteiger partial charge < -0.3 is 14.2 Å². The third kappa shape index (κ3) is 4.63. The first-order valence-corrected chi connectivity index (χ1v) is 8.38. The summed E-state index contributed by atoms with van der Waals surface area (Å²) in [6, 6.07) is 13.7. The topological polar surface area (TPSA) is 44.8 Å². The van der Waals surface area contributed by atoms with Crippen LogP contribution in [-0.2, 0) is 22.4 Å². The molecule has 4 rings (SSSR count). The van der Waals surface area contributed by atoms with E-state index in [9.17, 15) is 4.79 Å². The Kier molecular flexibility index (Phi) is 5.39. The highest BCUT2D eigenvalue weighted by molar-refractivity contribution is 5.90. The molecule has 0 aromatic heterocycles. The van der Waals surface area contributed by atoms with E-state index in [2.05, 4.69) is 0 Å². The summed E-state index contributed by atoms with van der Waals surface area (Å²) in [5.41, 5.74) is 2.17. The average Bonchev–Trinajstić information content (AvgIpc) is 2.64. The molecule has 0 atom stereocenters. The van der Waals surface area contributed by atoms with Crippen LogP contribution in [0.2, 0.25) is 0 Å². The molecule has 4 heteroatoms. The molecular weight excluding hydrogens is 316 g/mol. The van der Waals surface area contributed by atoms with Crippen molar-refractivity contribution in [2.45, 2.75) is 25.7 Å². The number of allylic oxidation sites excluding steroid dienone is 2. The monoisotopic (exact) mass is 338 g/mol. The molecule has 2 aliphatic rings. The molecule has 4 nitrogen and oxygen atoms in total. The highest BCUT2D eigenvalue weighted by Gasteiger charge is 2.09.